The Morgan fingerprint density at radius 2 is 2.11 bits per heavy atom. The van der Waals surface area contributed by atoms with E-state index in [1.165, 1.54) is 16.7 Å². The second kappa shape index (κ2) is 4.06. The van der Waals surface area contributed by atoms with Gasteiger partial charge in [-0.05, 0) is 18.2 Å². The van der Waals surface area contributed by atoms with Crippen LogP contribution in [0, 0.1) is 11.7 Å². The summed E-state index contributed by atoms with van der Waals surface area (Å²) < 4.78 is 14.2. The lowest BCUT2D eigenvalue weighted by Gasteiger charge is -2.27. The van der Waals surface area contributed by atoms with E-state index < -0.39 is 11.5 Å². The molecule has 1 aromatic carbocycles. The van der Waals surface area contributed by atoms with Gasteiger partial charge in [0, 0.05) is 25.6 Å². The number of nitrogens with one attached hydrogen (secondary N) is 2. The molecule has 0 saturated carbocycles. The summed E-state index contributed by atoms with van der Waals surface area (Å²) in [5.74, 6) is -0.166. The van der Waals surface area contributed by atoms with Crippen LogP contribution in [-0.2, 0) is 6.54 Å². The summed E-state index contributed by atoms with van der Waals surface area (Å²) in [5, 5.41) is 3.42. The molecule has 0 atom stereocenters. The predicted octanol–water partition coefficient (Wildman–Crippen LogP) is 0.0483. The summed E-state index contributed by atoms with van der Waals surface area (Å²) >= 11 is 0. The van der Waals surface area contributed by atoms with Crippen LogP contribution in [0.15, 0.2) is 27.8 Å². The minimum atomic E-state index is -0.481. The summed E-state index contributed by atoms with van der Waals surface area (Å²) in [7, 11) is 0. The second-order valence-corrected chi connectivity index (χ2v) is 4.56. The Kier molecular flexibility index (Phi) is 2.52. The maximum Gasteiger partial charge on any atom is 0.328 e. The fourth-order valence-corrected chi connectivity index (χ4v) is 2.13. The summed E-state index contributed by atoms with van der Waals surface area (Å²) in [4.78, 5) is 26.5. The molecule has 1 aromatic heterocycles. The minimum Gasteiger partial charge on any atom is -0.316 e. The number of fused-ring (bicyclic) bond motifs is 1. The quantitative estimate of drug-likeness (QED) is 0.790. The van der Waals surface area contributed by atoms with Crippen molar-refractivity contribution >= 4 is 10.9 Å². The van der Waals surface area contributed by atoms with Gasteiger partial charge in [-0.2, -0.15) is 0 Å². The summed E-state index contributed by atoms with van der Waals surface area (Å²) in [5.41, 5.74) is -0.598. The molecule has 2 N–H and O–H groups in total. The van der Waals surface area contributed by atoms with Gasteiger partial charge < -0.3 is 10.3 Å². The number of halogens is 1. The highest BCUT2D eigenvalue weighted by Gasteiger charge is 2.19. The molecule has 1 fully saturated rings. The molecule has 1 saturated heterocycles. The van der Waals surface area contributed by atoms with E-state index in [1.54, 1.807) is 0 Å². The van der Waals surface area contributed by atoms with Gasteiger partial charge in [-0.15, -0.1) is 0 Å². The monoisotopic (exact) mass is 249 g/mol. The lowest BCUT2D eigenvalue weighted by Crippen LogP contribution is -2.48. The Hall–Kier alpha value is -1.95. The van der Waals surface area contributed by atoms with E-state index in [0.717, 1.165) is 19.2 Å². The van der Waals surface area contributed by atoms with Gasteiger partial charge in [0.05, 0.1) is 10.9 Å². The third kappa shape index (κ3) is 1.74. The molecule has 3 rings (SSSR count). The molecule has 1 aliphatic rings. The standard InChI is InChI=1S/C12H12FN3O2/c13-8-1-2-9-10(3-8)15-12(18)16(11(9)17)6-7-4-14-5-7/h1-3,7,14H,4-6H2,(H,15,18). The van der Waals surface area contributed by atoms with Gasteiger partial charge in [0.2, 0.25) is 0 Å². The normalized spacial score (nSPS) is 15.8. The lowest BCUT2D eigenvalue weighted by molar-refractivity contribution is 0.299. The van der Waals surface area contributed by atoms with E-state index in [-0.39, 0.29) is 11.1 Å². The van der Waals surface area contributed by atoms with Crippen molar-refractivity contribution in [2.24, 2.45) is 5.92 Å². The molecule has 0 radical (unpaired) electrons. The molecule has 2 heterocycles. The van der Waals surface area contributed by atoms with Crippen molar-refractivity contribution in [2.45, 2.75) is 6.54 Å². The van der Waals surface area contributed by atoms with Gasteiger partial charge in [0.15, 0.2) is 0 Å². The van der Waals surface area contributed by atoms with Gasteiger partial charge in [-0.1, -0.05) is 0 Å². The molecule has 0 spiro atoms. The van der Waals surface area contributed by atoms with Crippen molar-refractivity contribution < 1.29 is 4.39 Å². The van der Waals surface area contributed by atoms with Crippen LogP contribution >= 0.6 is 0 Å². The van der Waals surface area contributed by atoms with Crippen molar-refractivity contribution in [1.82, 2.24) is 14.9 Å². The molecule has 0 amide bonds. The van der Waals surface area contributed by atoms with Crippen molar-refractivity contribution in [3.05, 3.63) is 44.9 Å². The first kappa shape index (κ1) is 11.2. The fourth-order valence-electron chi connectivity index (χ4n) is 2.13. The Balaban J connectivity index is 2.17. The average Bonchev–Trinajstić information content (AvgIpc) is 2.25. The molecule has 6 heteroatoms. The van der Waals surface area contributed by atoms with Crippen LogP contribution in [0.25, 0.3) is 10.9 Å². The van der Waals surface area contributed by atoms with Crippen LogP contribution in [0.2, 0.25) is 0 Å². The zero-order valence-corrected chi connectivity index (χ0v) is 9.57. The summed E-state index contributed by atoms with van der Waals surface area (Å²) in [6.07, 6.45) is 0. The molecule has 0 bridgehead atoms. The van der Waals surface area contributed by atoms with Gasteiger partial charge in [-0.3, -0.25) is 9.36 Å². The molecule has 0 aliphatic carbocycles. The van der Waals surface area contributed by atoms with E-state index in [4.69, 9.17) is 0 Å². The van der Waals surface area contributed by atoms with Crippen LogP contribution in [-0.4, -0.2) is 22.6 Å². The number of benzene rings is 1. The van der Waals surface area contributed by atoms with Crippen LogP contribution in [0.3, 0.4) is 0 Å². The van der Waals surface area contributed by atoms with Gasteiger partial charge in [0.25, 0.3) is 5.56 Å². The van der Waals surface area contributed by atoms with Crippen LogP contribution < -0.4 is 16.6 Å². The Bertz CT molecular complexity index is 715. The first-order valence-corrected chi connectivity index (χ1v) is 5.78. The number of aromatic nitrogens is 2. The van der Waals surface area contributed by atoms with Crippen molar-refractivity contribution in [3.8, 4) is 0 Å². The summed E-state index contributed by atoms with van der Waals surface area (Å²) in [6, 6.07) is 3.78. The van der Waals surface area contributed by atoms with E-state index in [1.807, 2.05) is 0 Å². The van der Waals surface area contributed by atoms with Crippen molar-refractivity contribution in [2.75, 3.05) is 13.1 Å². The Labute approximate surface area is 101 Å². The van der Waals surface area contributed by atoms with E-state index >= 15 is 0 Å². The van der Waals surface area contributed by atoms with Crippen LogP contribution in [0.4, 0.5) is 4.39 Å². The molecule has 5 nitrogen and oxygen atoms in total. The molecule has 18 heavy (non-hydrogen) atoms. The number of nitrogens with zero attached hydrogens (tertiary/aromatic N) is 1. The molecular weight excluding hydrogens is 237 g/mol. The Morgan fingerprint density at radius 3 is 2.78 bits per heavy atom. The molecular formula is C12H12FN3O2. The highest BCUT2D eigenvalue weighted by molar-refractivity contribution is 5.77. The molecule has 2 aromatic rings. The topological polar surface area (TPSA) is 66.9 Å². The number of H-pyrrole nitrogens is 1. The van der Waals surface area contributed by atoms with Crippen molar-refractivity contribution in [3.63, 3.8) is 0 Å². The minimum absolute atomic E-state index is 0.244. The average molecular weight is 249 g/mol. The third-order valence-electron chi connectivity index (χ3n) is 3.25. The molecule has 1 aliphatic heterocycles. The highest BCUT2D eigenvalue weighted by Crippen LogP contribution is 2.08. The highest BCUT2D eigenvalue weighted by atomic mass is 19.1. The zero-order chi connectivity index (χ0) is 12.7. The number of hydrogen-bond acceptors (Lipinski definition) is 3. The van der Waals surface area contributed by atoms with Crippen molar-refractivity contribution in [1.29, 1.82) is 0 Å². The molecule has 94 valence electrons. The number of aromatic amines is 1. The van der Waals surface area contributed by atoms with E-state index in [9.17, 15) is 14.0 Å². The first-order chi connectivity index (χ1) is 8.65. The second-order valence-electron chi connectivity index (χ2n) is 4.56. The maximum absolute atomic E-state index is 13.0. The smallest absolute Gasteiger partial charge is 0.316 e. The van der Waals surface area contributed by atoms with Gasteiger partial charge >= 0.3 is 5.69 Å². The van der Waals surface area contributed by atoms with Gasteiger partial charge in [0.1, 0.15) is 5.82 Å². The maximum atomic E-state index is 13.0. The third-order valence-corrected chi connectivity index (χ3v) is 3.25. The summed E-state index contributed by atoms with van der Waals surface area (Å²) in [6.45, 7) is 2.02. The van der Waals surface area contributed by atoms with Crippen LogP contribution in [0.1, 0.15) is 0 Å². The predicted molar refractivity (Wildman–Crippen MR) is 65.1 cm³/mol. The van der Waals surface area contributed by atoms with Gasteiger partial charge in [-0.25, -0.2) is 9.18 Å². The first-order valence-electron chi connectivity index (χ1n) is 5.78. The Morgan fingerprint density at radius 1 is 1.33 bits per heavy atom. The number of rotatable bonds is 2. The lowest BCUT2D eigenvalue weighted by atomic mass is 10.0. The van der Waals surface area contributed by atoms with E-state index in [2.05, 4.69) is 10.3 Å². The SMILES string of the molecule is O=c1[nH]c2cc(F)ccc2c(=O)n1CC1CNC1. The molecule has 0 unspecified atom stereocenters. The largest absolute Gasteiger partial charge is 0.328 e. The van der Waals surface area contributed by atoms with Crippen LogP contribution in [0.5, 0.6) is 0 Å². The fraction of sp³-hybridized carbons (Fsp3) is 0.333. The zero-order valence-electron chi connectivity index (χ0n) is 9.57. The number of hydrogen-bond donors (Lipinski definition) is 2. The van der Waals surface area contributed by atoms with E-state index in [0.29, 0.717) is 17.8 Å².